The van der Waals surface area contributed by atoms with Crippen LogP contribution >= 0.6 is 0 Å². The average molecular weight is 211 g/mol. The first-order chi connectivity index (χ1) is 7.92. The smallest absolute Gasteiger partial charge is 0.137 e. The SMILES string of the molecule is CC#CCCNc1ncnc2ccccc12. The zero-order chi connectivity index (χ0) is 11.2. The second kappa shape index (κ2) is 5.13. The van der Waals surface area contributed by atoms with Gasteiger partial charge in [-0.3, -0.25) is 0 Å². The lowest BCUT2D eigenvalue weighted by molar-refractivity contribution is 1.07. The van der Waals surface area contributed by atoms with Gasteiger partial charge in [-0.1, -0.05) is 12.1 Å². The molecule has 0 radical (unpaired) electrons. The van der Waals surface area contributed by atoms with Gasteiger partial charge in [-0.2, -0.15) is 0 Å². The number of benzene rings is 1. The van der Waals surface area contributed by atoms with E-state index in [0.717, 1.165) is 29.7 Å². The zero-order valence-corrected chi connectivity index (χ0v) is 9.20. The van der Waals surface area contributed by atoms with Crippen LogP contribution in [0.1, 0.15) is 13.3 Å². The molecule has 0 saturated carbocycles. The van der Waals surface area contributed by atoms with Crippen LogP contribution in [0, 0.1) is 11.8 Å². The summed E-state index contributed by atoms with van der Waals surface area (Å²) >= 11 is 0. The topological polar surface area (TPSA) is 37.8 Å². The molecule has 2 rings (SSSR count). The molecule has 0 saturated heterocycles. The molecule has 3 nitrogen and oxygen atoms in total. The van der Waals surface area contributed by atoms with Gasteiger partial charge in [0.2, 0.25) is 0 Å². The van der Waals surface area contributed by atoms with Gasteiger partial charge in [-0.25, -0.2) is 9.97 Å². The molecular formula is C13H13N3. The minimum Gasteiger partial charge on any atom is -0.369 e. The normalized spacial score (nSPS) is 9.56. The van der Waals surface area contributed by atoms with E-state index in [1.807, 2.05) is 31.2 Å². The van der Waals surface area contributed by atoms with Crippen molar-refractivity contribution in [3.63, 3.8) is 0 Å². The van der Waals surface area contributed by atoms with Crippen LogP contribution < -0.4 is 5.32 Å². The van der Waals surface area contributed by atoms with Crippen LogP contribution in [0.15, 0.2) is 30.6 Å². The van der Waals surface area contributed by atoms with Crippen LogP contribution in [0.2, 0.25) is 0 Å². The molecule has 0 fully saturated rings. The van der Waals surface area contributed by atoms with Crippen molar-refractivity contribution < 1.29 is 0 Å². The second-order valence-corrected chi connectivity index (χ2v) is 3.34. The highest BCUT2D eigenvalue weighted by atomic mass is 15.0. The van der Waals surface area contributed by atoms with Gasteiger partial charge in [0.15, 0.2) is 0 Å². The molecule has 80 valence electrons. The van der Waals surface area contributed by atoms with Gasteiger partial charge in [-0.15, -0.1) is 11.8 Å². The van der Waals surface area contributed by atoms with Crippen LogP contribution in [0.3, 0.4) is 0 Å². The van der Waals surface area contributed by atoms with Gasteiger partial charge in [0.1, 0.15) is 12.1 Å². The fourth-order valence-corrected chi connectivity index (χ4v) is 1.51. The Kier molecular flexibility index (Phi) is 3.35. The molecule has 0 amide bonds. The lowest BCUT2D eigenvalue weighted by Crippen LogP contribution is -2.03. The summed E-state index contributed by atoms with van der Waals surface area (Å²) in [6, 6.07) is 7.96. The number of rotatable bonds is 3. The van der Waals surface area contributed by atoms with Crippen molar-refractivity contribution in [1.29, 1.82) is 0 Å². The van der Waals surface area contributed by atoms with Gasteiger partial charge in [-0.05, 0) is 19.1 Å². The first-order valence-corrected chi connectivity index (χ1v) is 5.25. The number of aromatic nitrogens is 2. The molecule has 0 spiro atoms. The Morgan fingerprint density at radius 2 is 2.12 bits per heavy atom. The van der Waals surface area contributed by atoms with Crippen molar-refractivity contribution in [2.75, 3.05) is 11.9 Å². The van der Waals surface area contributed by atoms with E-state index in [2.05, 4.69) is 27.1 Å². The van der Waals surface area contributed by atoms with Crippen molar-refractivity contribution in [3.05, 3.63) is 30.6 Å². The molecule has 0 aliphatic heterocycles. The fourth-order valence-electron chi connectivity index (χ4n) is 1.51. The van der Waals surface area contributed by atoms with Gasteiger partial charge in [0.25, 0.3) is 0 Å². The van der Waals surface area contributed by atoms with Crippen LogP contribution in [-0.2, 0) is 0 Å². The predicted molar refractivity (Wildman–Crippen MR) is 66.1 cm³/mol. The number of fused-ring (bicyclic) bond motifs is 1. The van der Waals surface area contributed by atoms with Crippen LogP contribution in [-0.4, -0.2) is 16.5 Å². The molecule has 0 bridgehead atoms. The van der Waals surface area contributed by atoms with E-state index in [9.17, 15) is 0 Å². The number of hydrogen-bond acceptors (Lipinski definition) is 3. The number of nitrogens with zero attached hydrogens (tertiary/aromatic N) is 2. The lowest BCUT2D eigenvalue weighted by Gasteiger charge is -2.05. The molecule has 0 atom stereocenters. The predicted octanol–water partition coefficient (Wildman–Crippen LogP) is 2.46. The maximum Gasteiger partial charge on any atom is 0.137 e. The Hall–Kier alpha value is -2.08. The molecular weight excluding hydrogens is 198 g/mol. The van der Waals surface area contributed by atoms with Crippen molar-refractivity contribution in [1.82, 2.24) is 9.97 Å². The molecule has 0 aliphatic rings. The number of anilines is 1. The summed E-state index contributed by atoms with van der Waals surface area (Å²) < 4.78 is 0. The molecule has 1 aromatic heterocycles. The van der Waals surface area contributed by atoms with Crippen molar-refractivity contribution in [3.8, 4) is 11.8 Å². The van der Waals surface area contributed by atoms with E-state index in [1.54, 1.807) is 6.33 Å². The highest BCUT2D eigenvalue weighted by Crippen LogP contribution is 2.17. The minimum atomic E-state index is 0.807. The molecule has 2 aromatic rings. The molecule has 3 heteroatoms. The minimum absolute atomic E-state index is 0.807. The third kappa shape index (κ3) is 2.29. The highest BCUT2D eigenvalue weighted by Gasteiger charge is 2.00. The van der Waals surface area contributed by atoms with Gasteiger partial charge in [0, 0.05) is 18.4 Å². The summed E-state index contributed by atoms with van der Waals surface area (Å²) in [5.41, 5.74) is 0.960. The third-order valence-corrected chi connectivity index (χ3v) is 2.26. The molecule has 0 aliphatic carbocycles. The van der Waals surface area contributed by atoms with Gasteiger partial charge in [0.05, 0.1) is 5.52 Å². The Labute approximate surface area is 94.9 Å². The zero-order valence-electron chi connectivity index (χ0n) is 9.20. The maximum atomic E-state index is 4.23. The summed E-state index contributed by atoms with van der Waals surface area (Å²) in [6.45, 7) is 2.65. The van der Waals surface area contributed by atoms with E-state index >= 15 is 0 Å². The number of nitrogens with one attached hydrogen (secondary N) is 1. The molecule has 1 N–H and O–H groups in total. The van der Waals surface area contributed by atoms with Crippen LogP contribution in [0.25, 0.3) is 10.9 Å². The van der Waals surface area contributed by atoms with E-state index in [4.69, 9.17) is 0 Å². The Balaban J connectivity index is 2.19. The van der Waals surface area contributed by atoms with E-state index in [-0.39, 0.29) is 0 Å². The summed E-state index contributed by atoms with van der Waals surface area (Å²) in [5.74, 6) is 6.76. The first-order valence-electron chi connectivity index (χ1n) is 5.25. The van der Waals surface area contributed by atoms with Gasteiger partial charge < -0.3 is 5.32 Å². The fraction of sp³-hybridized carbons (Fsp3) is 0.231. The molecule has 0 unspecified atom stereocenters. The largest absolute Gasteiger partial charge is 0.369 e. The Bertz CT molecular complexity index is 532. The average Bonchev–Trinajstić information content (AvgIpc) is 2.35. The van der Waals surface area contributed by atoms with E-state index in [1.165, 1.54) is 0 Å². The number of para-hydroxylation sites is 1. The summed E-state index contributed by atoms with van der Waals surface area (Å²) in [4.78, 5) is 8.44. The number of hydrogen-bond donors (Lipinski definition) is 1. The van der Waals surface area contributed by atoms with Gasteiger partial charge >= 0.3 is 0 Å². The monoisotopic (exact) mass is 211 g/mol. The summed E-state index contributed by atoms with van der Waals surface area (Å²) in [5, 5.41) is 4.32. The molecule has 1 aromatic carbocycles. The Morgan fingerprint density at radius 1 is 1.25 bits per heavy atom. The van der Waals surface area contributed by atoms with Crippen molar-refractivity contribution in [2.45, 2.75) is 13.3 Å². The first kappa shape index (κ1) is 10.4. The van der Waals surface area contributed by atoms with Crippen LogP contribution in [0.5, 0.6) is 0 Å². The van der Waals surface area contributed by atoms with Crippen LogP contribution in [0.4, 0.5) is 5.82 Å². The standard InChI is InChI=1S/C13H13N3/c1-2-3-6-9-14-13-11-7-4-5-8-12(11)15-10-16-13/h4-5,7-8,10H,6,9H2,1H3,(H,14,15,16). The highest BCUT2D eigenvalue weighted by molar-refractivity contribution is 5.88. The Morgan fingerprint density at radius 3 is 3.00 bits per heavy atom. The van der Waals surface area contributed by atoms with E-state index < -0.39 is 0 Å². The maximum absolute atomic E-state index is 4.23. The quantitative estimate of drug-likeness (QED) is 0.626. The lowest BCUT2D eigenvalue weighted by atomic mass is 10.2. The summed E-state index contributed by atoms with van der Waals surface area (Å²) in [7, 11) is 0. The third-order valence-electron chi connectivity index (χ3n) is 2.26. The van der Waals surface area contributed by atoms with E-state index in [0.29, 0.717) is 0 Å². The molecule has 16 heavy (non-hydrogen) atoms. The summed E-state index contributed by atoms with van der Waals surface area (Å²) in [6.07, 6.45) is 2.41. The van der Waals surface area contributed by atoms with Crippen molar-refractivity contribution in [2.24, 2.45) is 0 Å². The molecule has 1 heterocycles. The van der Waals surface area contributed by atoms with Crippen molar-refractivity contribution >= 4 is 16.7 Å². The second-order valence-electron chi connectivity index (χ2n) is 3.34.